The summed E-state index contributed by atoms with van der Waals surface area (Å²) in [7, 11) is 0. The van der Waals surface area contributed by atoms with E-state index in [-0.39, 0.29) is 11.9 Å². The van der Waals surface area contributed by atoms with Gasteiger partial charge < -0.3 is 11.1 Å². The number of nitrogens with two attached hydrogens (primary N) is 1. The Hall–Kier alpha value is -1.59. The summed E-state index contributed by atoms with van der Waals surface area (Å²) >= 11 is 0. The quantitative estimate of drug-likeness (QED) is 0.744. The van der Waals surface area contributed by atoms with Gasteiger partial charge in [-0.25, -0.2) is 4.68 Å². The van der Waals surface area contributed by atoms with Crippen molar-refractivity contribution in [3.63, 3.8) is 0 Å². The predicted molar refractivity (Wildman–Crippen MR) is 57.0 cm³/mol. The average molecular weight is 211 g/mol. The minimum atomic E-state index is -0.381. The number of rotatable bonds is 4. The zero-order valence-corrected chi connectivity index (χ0v) is 9.27. The fraction of sp³-hybridized carbons (Fsp3) is 0.667. The number of aromatic nitrogens is 3. The van der Waals surface area contributed by atoms with Crippen LogP contribution >= 0.6 is 0 Å². The van der Waals surface area contributed by atoms with Gasteiger partial charge in [-0.3, -0.25) is 4.79 Å². The molecule has 0 spiro atoms. The van der Waals surface area contributed by atoms with Crippen molar-refractivity contribution < 1.29 is 4.79 Å². The van der Waals surface area contributed by atoms with Crippen molar-refractivity contribution in [2.75, 3.05) is 12.3 Å². The maximum Gasteiger partial charge on any atom is 0.244 e. The Kier molecular flexibility index (Phi) is 3.65. The molecule has 0 aromatic carbocycles. The summed E-state index contributed by atoms with van der Waals surface area (Å²) < 4.78 is 1.45. The van der Waals surface area contributed by atoms with E-state index >= 15 is 0 Å². The molecule has 0 bridgehead atoms. The van der Waals surface area contributed by atoms with Gasteiger partial charge in [0.1, 0.15) is 6.04 Å². The number of nitrogen functional groups attached to an aromatic ring is 1. The fourth-order valence-corrected chi connectivity index (χ4v) is 1.05. The highest BCUT2D eigenvalue weighted by atomic mass is 16.2. The van der Waals surface area contributed by atoms with Gasteiger partial charge in [0.05, 0.1) is 6.20 Å². The van der Waals surface area contributed by atoms with Crippen molar-refractivity contribution in [1.82, 2.24) is 20.3 Å². The Morgan fingerprint density at radius 2 is 2.27 bits per heavy atom. The summed E-state index contributed by atoms with van der Waals surface area (Å²) in [6.07, 6.45) is 1.54. The van der Waals surface area contributed by atoms with Crippen molar-refractivity contribution in [2.24, 2.45) is 5.92 Å². The second kappa shape index (κ2) is 4.77. The van der Waals surface area contributed by atoms with Crippen LogP contribution in [0.5, 0.6) is 0 Å². The third kappa shape index (κ3) is 3.23. The lowest BCUT2D eigenvalue weighted by Gasteiger charge is -2.12. The first-order chi connectivity index (χ1) is 7.00. The van der Waals surface area contributed by atoms with Crippen molar-refractivity contribution in [3.8, 4) is 0 Å². The molecule has 0 aliphatic heterocycles. The molecular formula is C9H17N5O. The van der Waals surface area contributed by atoms with Gasteiger partial charge >= 0.3 is 0 Å². The number of hydrogen-bond acceptors (Lipinski definition) is 4. The summed E-state index contributed by atoms with van der Waals surface area (Å²) in [5.74, 6) is 0.675. The molecule has 15 heavy (non-hydrogen) atoms. The molecule has 0 radical (unpaired) electrons. The monoisotopic (exact) mass is 211 g/mol. The highest BCUT2D eigenvalue weighted by Crippen LogP contribution is 2.05. The molecular weight excluding hydrogens is 194 g/mol. The smallest absolute Gasteiger partial charge is 0.244 e. The lowest BCUT2D eigenvalue weighted by Crippen LogP contribution is -2.33. The largest absolute Gasteiger partial charge is 0.381 e. The van der Waals surface area contributed by atoms with E-state index in [4.69, 9.17) is 5.73 Å². The van der Waals surface area contributed by atoms with E-state index < -0.39 is 0 Å². The first-order valence-electron chi connectivity index (χ1n) is 4.95. The summed E-state index contributed by atoms with van der Waals surface area (Å²) in [4.78, 5) is 11.6. The first-order valence-corrected chi connectivity index (χ1v) is 4.95. The van der Waals surface area contributed by atoms with E-state index in [0.717, 1.165) is 0 Å². The van der Waals surface area contributed by atoms with Crippen molar-refractivity contribution >= 4 is 11.7 Å². The van der Waals surface area contributed by atoms with Crippen LogP contribution in [0, 0.1) is 5.92 Å². The van der Waals surface area contributed by atoms with Crippen LogP contribution in [0.25, 0.3) is 0 Å². The topological polar surface area (TPSA) is 85.8 Å². The Balaban J connectivity index is 2.53. The van der Waals surface area contributed by atoms with E-state index in [2.05, 4.69) is 15.6 Å². The minimum Gasteiger partial charge on any atom is -0.381 e. The van der Waals surface area contributed by atoms with Gasteiger partial charge in [-0.1, -0.05) is 19.1 Å². The molecule has 0 saturated carbocycles. The van der Waals surface area contributed by atoms with Gasteiger partial charge in [-0.15, -0.1) is 5.10 Å². The molecule has 1 unspecified atom stereocenters. The van der Waals surface area contributed by atoms with Gasteiger partial charge in [0.2, 0.25) is 5.91 Å². The average Bonchev–Trinajstić information content (AvgIpc) is 2.60. The normalized spacial score (nSPS) is 12.8. The molecule has 1 aromatic heterocycles. The van der Waals surface area contributed by atoms with Gasteiger partial charge in [0.15, 0.2) is 5.82 Å². The molecule has 0 aliphatic carbocycles. The molecule has 1 aromatic rings. The number of nitrogens with one attached hydrogen (secondary N) is 1. The van der Waals surface area contributed by atoms with E-state index in [9.17, 15) is 4.79 Å². The molecule has 6 nitrogen and oxygen atoms in total. The summed E-state index contributed by atoms with van der Waals surface area (Å²) in [5, 5.41) is 10.2. The maximum atomic E-state index is 11.6. The Bertz CT molecular complexity index is 333. The van der Waals surface area contributed by atoms with Crippen LogP contribution in [0.1, 0.15) is 26.8 Å². The first kappa shape index (κ1) is 11.5. The number of carbonyl (C=O) groups is 1. The summed E-state index contributed by atoms with van der Waals surface area (Å²) in [6.45, 7) is 6.49. The molecule has 3 N–H and O–H groups in total. The number of nitrogens with zero attached hydrogens (tertiary/aromatic N) is 3. The third-order valence-electron chi connectivity index (χ3n) is 1.99. The van der Waals surface area contributed by atoms with Crippen LogP contribution in [0.3, 0.4) is 0 Å². The Morgan fingerprint density at radius 3 is 2.73 bits per heavy atom. The lowest BCUT2D eigenvalue weighted by molar-refractivity contribution is -0.124. The number of anilines is 1. The fourth-order valence-electron chi connectivity index (χ4n) is 1.05. The third-order valence-corrected chi connectivity index (χ3v) is 1.99. The lowest BCUT2D eigenvalue weighted by atomic mass is 10.2. The SMILES string of the molecule is CC(C)CNC(=O)C(C)n1cc(N)nn1. The van der Waals surface area contributed by atoms with E-state index in [1.165, 1.54) is 4.68 Å². The summed E-state index contributed by atoms with van der Waals surface area (Å²) in [5.41, 5.74) is 5.41. The Labute approximate surface area is 88.8 Å². The van der Waals surface area contributed by atoms with Crippen LogP contribution in [-0.2, 0) is 4.79 Å². The van der Waals surface area contributed by atoms with Crippen molar-refractivity contribution in [1.29, 1.82) is 0 Å². The zero-order chi connectivity index (χ0) is 11.4. The molecule has 0 aliphatic rings. The van der Waals surface area contributed by atoms with Gasteiger partial charge in [0.25, 0.3) is 0 Å². The van der Waals surface area contributed by atoms with Crippen LogP contribution in [0.15, 0.2) is 6.20 Å². The van der Waals surface area contributed by atoms with E-state index in [0.29, 0.717) is 18.3 Å². The molecule has 1 heterocycles. The van der Waals surface area contributed by atoms with E-state index in [1.807, 2.05) is 13.8 Å². The van der Waals surface area contributed by atoms with Gasteiger partial charge in [-0.2, -0.15) is 0 Å². The number of hydrogen-bond donors (Lipinski definition) is 2. The standard InChI is InChI=1S/C9H17N5O/c1-6(2)4-11-9(15)7(3)14-5-8(10)12-13-14/h5-7H,4,10H2,1-3H3,(H,11,15). The van der Waals surface area contributed by atoms with Crippen LogP contribution in [0.2, 0.25) is 0 Å². The Morgan fingerprint density at radius 1 is 1.60 bits per heavy atom. The molecule has 0 fully saturated rings. The van der Waals surface area contributed by atoms with E-state index in [1.54, 1.807) is 13.1 Å². The van der Waals surface area contributed by atoms with Crippen LogP contribution < -0.4 is 11.1 Å². The highest BCUT2D eigenvalue weighted by Gasteiger charge is 2.15. The maximum absolute atomic E-state index is 11.6. The van der Waals surface area contributed by atoms with Crippen molar-refractivity contribution in [3.05, 3.63) is 6.20 Å². The number of amides is 1. The molecule has 84 valence electrons. The van der Waals surface area contributed by atoms with Crippen LogP contribution in [0.4, 0.5) is 5.82 Å². The predicted octanol–water partition coefficient (Wildman–Crippen LogP) is 0.194. The molecule has 1 rings (SSSR count). The van der Waals surface area contributed by atoms with Gasteiger partial charge in [0, 0.05) is 6.54 Å². The molecule has 1 atom stereocenters. The molecule has 6 heteroatoms. The minimum absolute atomic E-state index is 0.0754. The second-order valence-corrected chi connectivity index (χ2v) is 3.94. The number of carbonyl (C=O) groups excluding carboxylic acids is 1. The molecule has 0 saturated heterocycles. The molecule has 1 amide bonds. The van der Waals surface area contributed by atoms with Crippen LogP contribution in [-0.4, -0.2) is 27.4 Å². The zero-order valence-electron chi connectivity index (χ0n) is 9.27. The second-order valence-electron chi connectivity index (χ2n) is 3.94. The highest BCUT2D eigenvalue weighted by molar-refractivity contribution is 5.79. The summed E-state index contributed by atoms with van der Waals surface area (Å²) in [6, 6.07) is -0.381. The van der Waals surface area contributed by atoms with Crippen molar-refractivity contribution in [2.45, 2.75) is 26.8 Å². The van der Waals surface area contributed by atoms with Gasteiger partial charge in [-0.05, 0) is 12.8 Å².